The molecule has 0 aromatic heterocycles. The standard InChI is InChI=1S/C19H30FN3O3/c1-14-11-22(13-19(2,3)25)9-10-23(14)18(24)21-17(12-26-4)15-5-7-16(20)8-6-15/h5-8,14,17,25H,9-13H2,1-4H3,(H,21,24). The maximum Gasteiger partial charge on any atom is 0.318 e. The molecule has 146 valence electrons. The number of urea groups is 1. The predicted octanol–water partition coefficient (Wildman–Crippen LogP) is 2.00. The molecule has 2 rings (SSSR count). The smallest absolute Gasteiger partial charge is 0.318 e. The summed E-state index contributed by atoms with van der Waals surface area (Å²) in [7, 11) is 1.57. The van der Waals surface area contributed by atoms with E-state index in [1.807, 2.05) is 6.92 Å². The first-order chi connectivity index (χ1) is 12.2. The summed E-state index contributed by atoms with van der Waals surface area (Å²) in [6, 6.07) is 5.60. The number of methoxy groups -OCH3 is 1. The number of β-amino-alcohol motifs (C(OH)–C–C–N with tert-alkyl or cyclic N) is 1. The van der Waals surface area contributed by atoms with Crippen molar-refractivity contribution in [1.29, 1.82) is 0 Å². The normalized spacial score (nSPS) is 20.1. The van der Waals surface area contributed by atoms with Gasteiger partial charge in [-0.1, -0.05) is 12.1 Å². The topological polar surface area (TPSA) is 65.0 Å². The number of halogens is 1. The number of hydrogen-bond acceptors (Lipinski definition) is 4. The van der Waals surface area contributed by atoms with E-state index in [-0.39, 0.29) is 23.9 Å². The number of carbonyl (C=O) groups is 1. The van der Waals surface area contributed by atoms with Crippen LogP contribution in [0.3, 0.4) is 0 Å². The van der Waals surface area contributed by atoms with Crippen LogP contribution in [0, 0.1) is 5.82 Å². The van der Waals surface area contributed by atoms with Crippen molar-refractivity contribution < 1.29 is 19.0 Å². The lowest BCUT2D eigenvalue weighted by atomic mass is 10.1. The highest BCUT2D eigenvalue weighted by atomic mass is 19.1. The van der Waals surface area contributed by atoms with Crippen LogP contribution in [0.1, 0.15) is 32.4 Å². The first kappa shape index (κ1) is 20.6. The molecule has 0 spiro atoms. The molecule has 1 fully saturated rings. The molecule has 1 aromatic carbocycles. The Bertz CT molecular complexity index is 589. The number of rotatable bonds is 6. The van der Waals surface area contributed by atoms with Crippen LogP contribution in [-0.4, -0.2) is 72.5 Å². The van der Waals surface area contributed by atoms with Crippen LogP contribution in [0.4, 0.5) is 9.18 Å². The van der Waals surface area contributed by atoms with Crippen LogP contribution in [0.5, 0.6) is 0 Å². The molecule has 2 unspecified atom stereocenters. The van der Waals surface area contributed by atoms with Gasteiger partial charge in [-0.25, -0.2) is 9.18 Å². The number of piperazine rings is 1. The lowest BCUT2D eigenvalue weighted by Gasteiger charge is -2.42. The number of nitrogens with zero attached hydrogens (tertiary/aromatic N) is 2. The van der Waals surface area contributed by atoms with Crippen LogP contribution in [0.2, 0.25) is 0 Å². The van der Waals surface area contributed by atoms with Crippen molar-refractivity contribution in [1.82, 2.24) is 15.1 Å². The average molecular weight is 367 g/mol. The van der Waals surface area contributed by atoms with Crippen LogP contribution in [-0.2, 0) is 4.74 Å². The van der Waals surface area contributed by atoms with Crippen molar-refractivity contribution >= 4 is 6.03 Å². The number of ether oxygens (including phenoxy) is 1. The maximum absolute atomic E-state index is 13.1. The number of benzene rings is 1. The first-order valence-electron chi connectivity index (χ1n) is 8.96. The Morgan fingerprint density at radius 3 is 2.58 bits per heavy atom. The van der Waals surface area contributed by atoms with Crippen LogP contribution in [0.15, 0.2) is 24.3 Å². The highest BCUT2D eigenvalue weighted by molar-refractivity contribution is 5.75. The van der Waals surface area contributed by atoms with Gasteiger partial charge in [0.25, 0.3) is 0 Å². The molecule has 1 heterocycles. The average Bonchev–Trinajstić information content (AvgIpc) is 2.53. The zero-order valence-corrected chi connectivity index (χ0v) is 16.0. The minimum Gasteiger partial charge on any atom is -0.389 e. The van der Waals surface area contributed by atoms with Crippen molar-refractivity contribution in [3.8, 4) is 0 Å². The summed E-state index contributed by atoms with van der Waals surface area (Å²) in [5.41, 5.74) is 0.0472. The van der Waals surface area contributed by atoms with Gasteiger partial charge in [0.15, 0.2) is 0 Å². The molecule has 1 aromatic rings. The van der Waals surface area contributed by atoms with Gasteiger partial charge in [-0.2, -0.15) is 0 Å². The Hall–Kier alpha value is -1.70. The summed E-state index contributed by atoms with van der Waals surface area (Å²) >= 11 is 0. The minimum atomic E-state index is -0.754. The third-order valence-corrected chi connectivity index (χ3v) is 4.49. The summed E-state index contributed by atoms with van der Waals surface area (Å²) in [4.78, 5) is 16.7. The van der Waals surface area contributed by atoms with Crippen LogP contribution in [0.25, 0.3) is 0 Å². The highest BCUT2D eigenvalue weighted by Crippen LogP contribution is 2.17. The molecule has 2 amide bonds. The van der Waals surface area contributed by atoms with Crippen LogP contribution < -0.4 is 5.32 Å². The van der Waals surface area contributed by atoms with E-state index in [0.717, 1.165) is 5.56 Å². The number of carbonyl (C=O) groups excluding carboxylic acids is 1. The van der Waals surface area contributed by atoms with Gasteiger partial charge in [0.05, 0.1) is 18.2 Å². The summed E-state index contributed by atoms with van der Waals surface area (Å²) in [6.07, 6.45) is 0. The summed E-state index contributed by atoms with van der Waals surface area (Å²) < 4.78 is 18.4. The molecule has 7 heteroatoms. The fourth-order valence-corrected chi connectivity index (χ4v) is 3.34. The molecule has 0 saturated carbocycles. The Kier molecular flexibility index (Phi) is 6.97. The van der Waals surface area contributed by atoms with E-state index in [9.17, 15) is 14.3 Å². The molecule has 1 aliphatic heterocycles. The third-order valence-electron chi connectivity index (χ3n) is 4.49. The fourth-order valence-electron chi connectivity index (χ4n) is 3.34. The molecule has 26 heavy (non-hydrogen) atoms. The number of hydrogen-bond donors (Lipinski definition) is 2. The van der Waals surface area contributed by atoms with E-state index in [0.29, 0.717) is 32.8 Å². The molecule has 6 nitrogen and oxygen atoms in total. The van der Waals surface area contributed by atoms with Gasteiger partial charge in [-0.05, 0) is 38.5 Å². The fraction of sp³-hybridized carbons (Fsp3) is 0.632. The van der Waals surface area contributed by atoms with Gasteiger partial charge >= 0.3 is 6.03 Å². The van der Waals surface area contributed by atoms with Gasteiger partial charge in [0, 0.05) is 39.3 Å². The monoisotopic (exact) mass is 367 g/mol. The maximum atomic E-state index is 13.1. The number of aliphatic hydroxyl groups is 1. The molecule has 2 atom stereocenters. The zero-order valence-electron chi connectivity index (χ0n) is 16.0. The summed E-state index contributed by atoms with van der Waals surface area (Å²) in [5.74, 6) is -0.312. The largest absolute Gasteiger partial charge is 0.389 e. The van der Waals surface area contributed by atoms with Gasteiger partial charge in [0.1, 0.15) is 5.82 Å². The second-order valence-corrected chi connectivity index (χ2v) is 7.60. The summed E-state index contributed by atoms with van der Waals surface area (Å²) in [5, 5.41) is 13.0. The van der Waals surface area contributed by atoms with Gasteiger partial charge < -0.3 is 20.1 Å². The predicted molar refractivity (Wildman–Crippen MR) is 98.5 cm³/mol. The van der Waals surface area contributed by atoms with Crippen LogP contribution >= 0.6 is 0 Å². The molecule has 2 N–H and O–H groups in total. The first-order valence-corrected chi connectivity index (χ1v) is 8.96. The van der Waals surface area contributed by atoms with Gasteiger partial charge in [-0.3, -0.25) is 4.90 Å². The van der Waals surface area contributed by atoms with E-state index in [2.05, 4.69) is 10.2 Å². The Morgan fingerprint density at radius 1 is 1.38 bits per heavy atom. The highest BCUT2D eigenvalue weighted by Gasteiger charge is 2.30. The van der Waals surface area contributed by atoms with Crippen molar-refractivity contribution in [2.45, 2.75) is 38.5 Å². The minimum absolute atomic E-state index is 0.0301. The number of nitrogens with one attached hydrogen (secondary N) is 1. The van der Waals surface area contributed by atoms with Crippen molar-refractivity contribution in [3.63, 3.8) is 0 Å². The van der Waals surface area contributed by atoms with Crippen molar-refractivity contribution in [2.24, 2.45) is 0 Å². The molecule has 1 aliphatic rings. The Morgan fingerprint density at radius 2 is 2.04 bits per heavy atom. The molecule has 0 aliphatic carbocycles. The van der Waals surface area contributed by atoms with Crippen molar-refractivity contribution in [2.75, 3.05) is 39.9 Å². The van der Waals surface area contributed by atoms with E-state index >= 15 is 0 Å². The van der Waals surface area contributed by atoms with E-state index in [1.165, 1.54) is 12.1 Å². The Balaban J connectivity index is 1.98. The third kappa shape index (κ3) is 5.93. The lowest BCUT2D eigenvalue weighted by molar-refractivity contribution is 0.0114. The molecule has 0 radical (unpaired) electrons. The number of amides is 2. The van der Waals surface area contributed by atoms with Crippen molar-refractivity contribution in [3.05, 3.63) is 35.6 Å². The van der Waals surface area contributed by atoms with Gasteiger partial charge in [0.2, 0.25) is 0 Å². The quantitative estimate of drug-likeness (QED) is 0.807. The second-order valence-electron chi connectivity index (χ2n) is 7.60. The molecule has 0 bridgehead atoms. The van der Waals surface area contributed by atoms with E-state index in [1.54, 1.807) is 38.0 Å². The lowest BCUT2D eigenvalue weighted by Crippen LogP contribution is -2.58. The zero-order chi connectivity index (χ0) is 19.3. The molecular weight excluding hydrogens is 337 g/mol. The Labute approximate surface area is 154 Å². The molecular formula is C19H30FN3O3. The summed E-state index contributed by atoms with van der Waals surface area (Å²) in [6.45, 7) is 8.48. The van der Waals surface area contributed by atoms with E-state index < -0.39 is 5.60 Å². The second kappa shape index (κ2) is 8.79. The SMILES string of the molecule is COCC(NC(=O)N1CCN(CC(C)(C)O)CC1C)c1ccc(F)cc1. The van der Waals surface area contributed by atoms with Gasteiger partial charge in [-0.15, -0.1) is 0 Å². The van der Waals surface area contributed by atoms with E-state index in [4.69, 9.17) is 4.74 Å². The molecule has 1 saturated heterocycles.